The Morgan fingerprint density at radius 1 is 1.40 bits per heavy atom. The number of amides is 1. The molecule has 0 aromatic heterocycles. The van der Waals surface area contributed by atoms with Gasteiger partial charge in [-0.05, 0) is 56.6 Å². The minimum atomic E-state index is 0.175. The summed E-state index contributed by atoms with van der Waals surface area (Å²) in [6, 6.07) is 7.57. The van der Waals surface area contributed by atoms with Crippen molar-refractivity contribution in [3.8, 4) is 0 Å². The second-order valence-electron chi connectivity index (χ2n) is 5.94. The van der Waals surface area contributed by atoms with Crippen molar-refractivity contribution in [1.29, 1.82) is 0 Å². The zero-order chi connectivity index (χ0) is 14.5. The maximum absolute atomic E-state index is 12.2. The topological polar surface area (TPSA) is 49.6 Å². The van der Waals surface area contributed by atoms with Gasteiger partial charge in [0.2, 0.25) is 5.91 Å². The summed E-state index contributed by atoms with van der Waals surface area (Å²) < 4.78 is 0. The molecule has 1 fully saturated rings. The molecule has 1 aromatic carbocycles. The van der Waals surface area contributed by atoms with Crippen LogP contribution >= 0.6 is 0 Å². The van der Waals surface area contributed by atoms with Gasteiger partial charge in [0.25, 0.3) is 0 Å². The van der Waals surface area contributed by atoms with E-state index in [2.05, 4.69) is 11.9 Å². The van der Waals surface area contributed by atoms with E-state index in [4.69, 9.17) is 5.73 Å². The van der Waals surface area contributed by atoms with Crippen LogP contribution in [-0.4, -0.2) is 49.4 Å². The molecule has 0 aliphatic carbocycles. The smallest absolute Gasteiger partial charge is 0.226 e. The SMILES string of the molecule is CN1CCC(CN(C)C(=O)Cc2cccc(N)c2)CC1. The Balaban J connectivity index is 1.83. The van der Waals surface area contributed by atoms with Crippen LogP contribution in [0.4, 0.5) is 5.69 Å². The number of likely N-dealkylation sites (tertiary alicyclic amines) is 1. The fraction of sp³-hybridized carbons (Fsp3) is 0.562. The molecule has 1 saturated heterocycles. The fourth-order valence-corrected chi connectivity index (χ4v) is 2.75. The molecule has 4 nitrogen and oxygen atoms in total. The van der Waals surface area contributed by atoms with Crippen molar-refractivity contribution in [2.75, 3.05) is 39.5 Å². The lowest BCUT2D eigenvalue weighted by Crippen LogP contribution is -2.38. The summed E-state index contributed by atoms with van der Waals surface area (Å²) in [7, 11) is 4.07. The number of benzene rings is 1. The van der Waals surface area contributed by atoms with Crippen molar-refractivity contribution in [3.63, 3.8) is 0 Å². The molecule has 0 atom stereocenters. The molecule has 1 heterocycles. The molecule has 20 heavy (non-hydrogen) atoms. The zero-order valence-electron chi connectivity index (χ0n) is 12.5. The highest BCUT2D eigenvalue weighted by molar-refractivity contribution is 5.78. The molecule has 0 radical (unpaired) electrons. The maximum Gasteiger partial charge on any atom is 0.226 e. The molecule has 4 heteroatoms. The summed E-state index contributed by atoms with van der Waals surface area (Å²) in [5.74, 6) is 0.815. The molecule has 0 saturated carbocycles. The molecule has 2 N–H and O–H groups in total. The van der Waals surface area contributed by atoms with Gasteiger partial charge in [-0.25, -0.2) is 0 Å². The predicted molar refractivity (Wildman–Crippen MR) is 82.4 cm³/mol. The van der Waals surface area contributed by atoms with Crippen molar-refractivity contribution in [3.05, 3.63) is 29.8 Å². The summed E-state index contributed by atoms with van der Waals surface area (Å²) in [5.41, 5.74) is 7.45. The molecule has 1 aliphatic rings. The molecule has 110 valence electrons. The van der Waals surface area contributed by atoms with Gasteiger partial charge in [-0.2, -0.15) is 0 Å². The van der Waals surface area contributed by atoms with Crippen molar-refractivity contribution in [2.45, 2.75) is 19.3 Å². The zero-order valence-corrected chi connectivity index (χ0v) is 12.5. The molecular formula is C16H25N3O. The highest BCUT2D eigenvalue weighted by Gasteiger charge is 2.20. The van der Waals surface area contributed by atoms with E-state index in [1.54, 1.807) is 0 Å². The van der Waals surface area contributed by atoms with Gasteiger partial charge in [0.15, 0.2) is 0 Å². The average molecular weight is 275 g/mol. The number of nitrogen functional groups attached to an aromatic ring is 1. The Morgan fingerprint density at radius 3 is 2.75 bits per heavy atom. The molecule has 0 spiro atoms. The summed E-state index contributed by atoms with van der Waals surface area (Å²) in [6.07, 6.45) is 2.81. The number of rotatable bonds is 4. The van der Waals surface area contributed by atoms with E-state index in [0.717, 1.165) is 25.2 Å². The normalized spacial score (nSPS) is 17.1. The van der Waals surface area contributed by atoms with E-state index in [0.29, 0.717) is 18.0 Å². The maximum atomic E-state index is 12.2. The quantitative estimate of drug-likeness (QED) is 0.849. The lowest BCUT2D eigenvalue weighted by Gasteiger charge is -2.31. The number of nitrogens with zero attached hydrogens (tertiary/aromatic N) is 2. The summed E-state index contributed by atoms with van der Waals surface area (Å²) in [5, 5.41) is 0. The van der Waals surface area contributed by atoms with Gasteiger partial charge < -0.3 is 15.5 Å². The number of nitrogens with two attached hydrogens (primary N) is 1. The van der Waals surface area contributed by atoms with Gasteiger partial charge in [0, 0.05) is 19.3 Å². The monoisotopic (exact) mass is 275 g/mol. The van der Waals surface area contributed by atoms with Gasteiger partial charge in [-0.1, -0.05) is 12.1 Å². The van der Waals surface area contributed by atoms with Crippen LogP contribution in [0.15, 0.2) is 24.3 Å². The first kappa shape index (κ1) is 14.9. The van der Waals surface area contributed by atoms with E-state index in [9.17, 15) is 4.79 Å². The van der Waals surface area contributed by atoms with Crippen LogP contribution in [0.1, 0.15) is 18.4 Å². The minimum absolute atomic E-state index is 0.175. The second kappa shape index (κ2) is 6.75. The molecule has 1 aliphatic heterocycles. The largest absolute Gasteiger partial charge is 0.399 e. The minimum Gasteiger partial charge on any atom is -0.399 e. The molecule has 0 unspecified atom stereocenters. The highest BCUT2D eigenvalue weighted by Crippen LogP contribution is 2.17. The molecule has 0 bridgehead atoms. The first-order valence-electron chi connectivity index (χ1n) is 7.31. The number of likely N-dealkylation sites (N-methyl/N-ethyl adjacent to an activating group) is 1. The first-order chi connectivity index (χ1) is 9.54. The Bertz CT molecular complexity index is 453. The summed E-state index contributed by atoms with van der Waals surface area (Å²) in [6.45, 7) is 3.15. The Morgan fingerprint density at radius 2 is 2.10 bits per heavy atom. The van der Waals surface area contributed by atoms with Gasteiger partial charge in [-0.3, -0.25) is 4.79 Å². The number of carbonyl (C=O) groups is 1. The standard InChI is InChI=1S/C16H25N3O/c1-18-8-6-13(7-9-18)12-19(2)16(20)11-14-4-3-5-15(17)10-14/h3-5,10,13H,6-9,11-12,17H2,1-2H3. The van der Waals surface area contributed by atoms with Crippen molar-refractivity contribution < 1.29 is 4.79 Å². The third-order valence-corrected chi connectivity index (χ3v) is 4.10. The number of hydrogen-bond acceptors (Lipinski definition) is 3. The Labute approximate surface area is 121 Å². The molecular weight excluding hydrogens is 250 g/mol. The van der Waals surface area contributed by atoms with E-state index in [1.807, 2.05) is 36.2 Å². The first-order valence-corrected chi connectivity index (χ1v) is 7.31. The van der Waals surface area contributed by atoms with Crippen LogP contribution in [0.3, 0.4) is 0 Å². The number of carbonyl (C=O) groups excluding carboxylic acids is 1. The molecule has 1 amide bonds. The number of hydrogen-bond donors (Lipinski definition) is 1. The van der Waals surface area contributed by atoms with E-state index in [-0.39, 0.29) is 5.91 Å². The van der Waals surface area contributed by atoms with Gasteiger partial charge >= 0.3 is 0 Å². The van der Waals surface area contributed by atoms with Crippen molar-refractivity contribution in [1.82, 2.24) is 9.80 Å². The number of anilines is 1. The summed E-state index contributed by atoms with van der Waals surface area (Å²) in [4.78, 5) is 16.5. The van der Waals surface area contributed by atoms with Crippen molar-refractivity contribution in [2.24, 2.45) is 5.92 Å². The van der Waals surface area contributed by atoms with Crippen LogP contribution in [0.2, 0.25) is 0 Å². The van der Waals surface area contributed by atoms with Gasteiger partial charge in [0.1, 0.15) is 0 Å². The average Bonchev–Trinajstić information content (AvgIpc) is 2.41. The van der Waals surface area contributed by atoms with Gasteiger partial charge in [-0.15, -0.1) is 0 Å². The third-order valence-electron chi connectivity index (χ3n) is 4.10. The van der Waals surface area contributed by atoms with Crippen LogP contribution < -0.4 is 5.73 Å². The highest BCUT2D eigenvalue weighted by atomic mass is 16.2. The van der Waals surface area contributed by atoms with Crippen LogP contribution in [0.5, 0.6) is 0 Å². The van der Waals surface area contributed by atoms with E-state index < -0.39 is 0 Å². The molecule has 1 aromatic rings. The van der Waals surface area contributed by atoms with Crippen LogP contribution in [-0.2, 0) is 11.2 Å². The lowest BCUT2D eigenvalue weighted by molar-refractivity contribution is -0.129. The van der Waals surface area contributed by atoms with Crippen molar-refractivity contribution >= 4 is 11.6 Å². The Kier molecular flexibility index (Phi) is 5.01. The fourth-order valence-electron chi connectivity index (χ4n) is 2.75. The van der Waals surface area contributed by atoms with E-state index >= 15 is 0 Å². The predicted octanol–water partition coefficient (Wildman–Crippen LogP) is 1.61. The Hall–Kier alpha value is -1.55. The number of piperidine rings is 1. The van der Waals surface area contributed by atoms with Gasteiger partial charge in [0.05, 0.1) is 6.42 Å². The lowest BCUT2D eigenvalue weighted by atomic mass is 9.96. The van der Waals surface area contributed by atoms with Crippen LogP contribution in [0.25, 0.3) is 0 Å². The van der Waals surface area contributed by atoms with Crippen LogP contribution in [0, 0.1) is 5.92 Å². The summed E-state index contributed by atoms with van der Waals surface area (Å²) >= 11 is 0. The van der Waals surface area contributed by atoms with E-state index in [1.165, 1.54) is 12.8 Å². The molecule has 2 rings (SSSR count). The third kappa shape index (κ3) is 4.23. The second-order valence-corrected chi connectivity index (χ2v) is 5.94.